The number of nitrogens with zero attached hydrogens (tertiary/aromatic N) is 1. The molecule has 112 valence electrons. The Balaban J connectivity index is 1.82. The number of carbonyl (C=O) groups is 1. The van der Waals surface area contributed by atoms with E-state index in [1.54, 1.807) is 25.1 Å². The highest BCUT2D eigenvalue weighted by atomic mass is 32.1. The highest BCUT2D eigenvalue weighted by Gasteiger charge is 2.11. The lowest BCUT2D eigenvalue weighted by molar-refractivity contribution is -0.116. The van der Waals surface area contributed by atoms with E-state index in [0.29, 0.717) is 11.3 Å². The molecule has 1 heterocycles. The average Bonchev–Trinajstić information content (AvgIpc) is 2.79. The molecule has 4 nitrogen and oxygen atoms in total. The van der Waals surface area contributed by atoms with Gasteiger partial charge in [0.05, 0.1) is 10.2 Å². The summed E-state index contributed by atoms with van der Waals surface area (Å²) in [5.41, 5.74) is 1.61. The van der Waals surface area contributed by atoms with Crippen molar-refractivity contribution in [1.29, 1.82) is 0 Å². The minimum absolute atomic E-state index is 0.0989. The lowest BCUT2D eigenvalue weighted by atomic mass is 10.2. The first-order valence-corrected chi connectivity index (χ1v) is 7.50. The third-order valence-corrected chi connectivity index (χ3v) is 4.29. The van der Waals surface area contributed by atoms with Crippen molar-refractivity contribution in [3.05, 3.63) is 63.5 Å². The summed E-state index contributed by atoms with van der Waals surface area (Å²) >= 11 is 1.10. The van der Waals surface area contributed by atoms with E-state index in [4.69, 9.17) is 0 Å². The first kappa shape index (κ1) is 14.5. The van der Waals surface area contributed by atoms with Crippen molar-refractivity contribution in [1.82, 2.24) is 4.57 Å². The number of anilines is 1. The molecule has 0 aliphatic carbocycles. The van der Waals surface area contributed by atoms with Gasteiger partial charge in [-0.25, -0.2) is 4.39 Å². The number of thiazole rings is 1. The molecule has 22 heavy (non-hydrogen) atoms. The zero-order valence-corrected chi connectivity index (χ0v) is 12.6. The van der Waals surface area contributed by atoms with E-state index < -0.39 is 0 Å². The monoisotopic (exact) mass is 316 g/mol. The standard InChI is InChI=1S/C16H13FN2O2S/c1-10-6-7-11(8-12(10)17)18-15(20)9-19-13-4-2-3-5-14(13)22-16(19)21/h2-8H,9H2,1H3,(H,18,20). The van der Waals surface area contributed by atoms with Crippen LogP contribution in [0.2, 0.25) is 0 Å². The van der Waals surface area contributed by atoms with Crippen LogP contribution in [0.4, 0.5) is 10.1 Å². The molecule has 3 rings (SSSR count). The van der Waals surface area contributed by atoms with Crippen molar-refractivity contribution < 1.29 is 9.18 Å². The summed E-state index contributed by atoms with van der Waals surface area (Å²) in [6.45, 7) is 1.55. The number of amides is 1. The minimum atomic E-state index is -0.379. The fourth-order valence-corrected chi connectivity index (χ4v) is 3.07. The van der Waals surface area contributed by atoms with Crippen LogP contribution in [0.15, 0.2) is 47.3 Å². The largest absolute Gasteiger partial charge is 0.324 e. The number of nitrogens with one attached hydrogen (secondary N) is 1. The number of carbonyl (C=O) groups excluding carboxylic acids is 1. The Hall–Kier alpha value is -2.47. The number of fused-ring (bicyclic) bond motifs is 1. The molecule has 1 N–H and O–H groups in total. The molecule has 0 spiro atoms. The second-order valence-corrected chi connectivity index (χ2v) is 5.93. The van der Waals surface area contributed by atoms with E-state index in [9.17, 15) is 14.0 Å². The summed E-state index contributed by atoms with van der Waals surface area (Å²) in [5.74, 6) is -0.746. The summed E-state index contributed by atoms with van der Waals surface area (Å²) in [5, 5.41) is 2.61. The van der Waals surface area contributed by atoms with Crippen molar-refractivity contribution in [3.63, 3.8) is 0 Å². The van der Waals surface area contributed by atoms with Crippen molar-refractivity contribution >= 4 is 33.1 Å². The van der Waals surface area contributed by atoms with Crippen molar-refractivity contribution in [2.45, 2.75) is 13.5 Å². The van der Waals surface area contributed by atoms with Crippen molar-refractivity contribution in [2.24, 2.45) is 0 Å². The molecule has 3 aromatic rings. The molecule has 0 unspecified atom stereocenters. The van der Waals surface area contributed by atoms with Gasteiger partial charge in [0.2, 0.25) is 5.91 Å². The highest BCUT2D eigenvalue weighted by Crippen LogP contribution is 2.17. The smallest absolute Gasteiger partial charge is 0.308 e. The van der Waals surface area contributed by atoms with Crippen LogP contribution in [-0.2, 0) is 11.3 Å². The van der Waals surface area contributed by atoms with E-state index in [2.05, 4.69) is 5.32 Å². The number of hydrogen-bond acceptors (Lipinski definition) is 3. The van der Waals surface area contributed by atoms with Gasteiger partial charge in [-0.3, -0.25) is 14.2 Å². The first-order chi connectivity index (χ1) is 10.5. The number of benzene rings is 2. The van der Waals surface area contributed by atoms with Gasteiger partial charge in [-0.1, -0.05) is 29.5 Å². The predicted molar refractivity (Wildman–Crippen MR) is 85.9 cm³/mol. The number of para-hydroxylation sites is 1. The molecule has 0 fully saturated rings. The molecule has 1 aromatic heterocycles. The molecule has 2 aromatic carbocycles. The maximum absolute atomic E-state index is 13.5. The molecule has 0 bridgehead atoms. The van der Waals surface area contributed by atoms with Gasteiger partial charge in [-0.2, -0.15) is 0 Å². The SMILES string of the molecule is Cc1ccc(NC(=O)Cn2c(=O)sc3ccccc32)cc1F. The zero-order chi connectivity index (χ0) is 15.7. The summed E-state index contributed by atoms with van der Waals surface area (Å²) in [4.78, 5) is 23.9. The van der Waals surface area contributed by atoms with E-state index >= 15 is 0 Å². The molecule has 0 saturated carbocycles. The highest BCUT2D eigenvalue weighted by molar-refractivity contribution is 7.16. The Bertz CT molecular complexity index is 914. The van der Waals surface area contributed by atoms with Crippen LogP contribution in [0, 0.1) is 12.7 Å². The molecular formula is C16H13FN2O2S. The Labute approximate surface area is 129 Å². The number of halogens is 1. The molecule has 0 aliphatic rings. The molecule has 0 radical (unpaired) electrons. The third-order valence-electron chi connectivity index (χ3n) is 3.33. The predicted octanol–water partition coefficient (Wildman–Crippen LogP) is 3.15. The number of hydrogen-bond donors (Lipinski definition) is 1. The lowest BCUT2D eigenvalue weighted by Gasteiger charge is -2.07. The normalized spacial score (nSPS) is 10.8. The van der Waals surface area contributed by atoms with E-state index in [1.807, 2.05) is 18.2 Å². The molecule has 0 saturated heterocycles. The molecular weight excluding hydrogens is 303 g/mol. The second kappa shape index (κ2) is 5.73. The van der Waals surface area contributed by atoms with E-state index in [0.717, 1.165) is 21.6 Å². The Kier molecular flexibility index (Phi) is 3.77. The quantitative estimate of drug-likeness (QED) is 0.807. The van der Waals surface area contributed by atoms with Gasteiger partial charge < -0.3 is 5.32 Å². The topological polar surface area (TPSA) is 51.1 Å². The van der Waals surface area contributed by atoms with Crippen LogP contribution in [0.3, 0.4) is 0 Å². The Morgan fingerprint density at radius 2 is 2.05 bits per heavy atom. The number of aryl methyl sites for hydroxylation is 1. The summed E-state index contributed by atoms with van der Waals surface area (Å²) in [7, 11) is 0. The van der Waals surface area contributed by atoms with Crippen molar-refractivity contribution in [3.8, 4) is 0 Å². The van der Waals surface area contributed by atoms with Gasteiger partial charge in [-0.15, -0.1) is 0 Å². The summed E-state index contributed by atoms with van der Waals surface area (Å²) in [6.07, 6.45) is 0. The summed E-state index contributed by atoms with van der Waals surface area (Å²) in [6, 6.07) is 11.8. The Morgan fingerprint density at radius 1 is 1.27 bits per heavy atom. The van der Waals surface area contributed by atoms with E-state index in [1.165, 1.54) is 10.6 Å². The van der Waals surface area contributed by atoms with Gasteiger partial charge >= 0.3 is 4.87 Å². The van der Waals surface area contributed by atoms with Gasteiger partial charge in [0.25, 0.3) is 0 Å². The van der Waals surface area contributed by atoms with E-state index in [-0.39, 0.29) is 23.1 Å². The maximum Gasteiger partial charge on any atom is 0.308 e. The Morgan fingerprint density at radius 3 is 2.82 bits per heavy atom. The van der Waals surface area contributed by atoms with Gasteiger partial charge in [-0.05, 0) is 36.8 Å². The first-order valence-electron chi connectivity index (χ1n) is 6.69. The number of rotatable bonds is 3. The fourth-order valence-electron chi connectivity index (χ4n) is 2.18. The second-order valence-electron chi connectivity index (χ2n) is 4.93. The van der Waals surface area contributed by atoms with Crippen LogP contribution >= 0.6 is 11.3 Å². The zero-order valence-electron chi connectivity index (χ0n) is 11.8. The number of aromatic nitrogens is 1. The van der Waals surface area contributed by atoms with Gasteiger partial charge in [0.15, 0.2) is 0 Å². The summed E-state index contributed by atoms with van der Waals surface area (Å²) < 4.78 is 15.7. The van der Waals surface area contributed by atoms with Crippen LogP contribution < -0.4 is 10.2 Å². The van der Waals surface area contributed by atoms with Crippen molar-refractivity contribution in [2.75, 3.05) is 5.32 Å². The van der Waals surface area contributed by atoms with Crippen LogP contribution in [0.5, 0.6) is 0 Å². The van der Waals surface area contributed by atoms with Crippen LogP contribution in [-0.4, -0.2) is 10.5 Å². The third kappa shape index (κ3) is 2.78. The van der Waals surface area contributed by atoms with Crippen LogP contribution in [0.25, 0.3) is 10.2 Å². The lowest BCUT2D eigenvalue weighted by Crippen LogP contribution is -2.24. The molecule has 0 atom stereocenters. The molecule has 1 amide bonds. The molecule has 0 aliphatic heterocycles. The fraction of sp³-hybridized carbons (Fsp3) is 0.125. The minimum Gasteiger partial charge on any atom is -0.324 e. The van der Waals surface area contributed by atoms with Gasteiger partial charge in [0, 0.05) is 5.69 Å². The van der Waals surface area contributed by atoms with Crippen LogP contribution in [0.1, 0.15) is 5.56 Å². The maximum atomic E-state index is 13.5. The average molecular weight is 316 g/mol. The van der Waals surface area contributed by atoms with Gasteiger partial charge in [0.1, 0.15) is 12.4 Å². The molecule has 6 heteroatoms.